The Morgan fingerprint density at radius 1 is 0.778 bits per heavy atom. The van der Waals surface area contributed by atoms with E-state index in [9.17, 15) is 26.7 Å². The van der Waals surface area contributed by atoms with Gasteiger partial charge in [-0.15, -0.1) is 5.26 Å². The van der Waals surface area contributed by atoms with E-state index in [0.717, 1.165) is 75.6 Å². The van der Waals surface area contributed by atoms with E-state index in [0.29, 0.717) is 39.3 Å². The van der Waals surface area contributed by atoms with Crippen LogP contribution in [0.3, 0.4) is 0 Å². The summed E-state index contributed by atoms with van der Waals surface area (Å²) in [5.41, 5.74) is 11.2. The second-order valence-corrected chi connectivity index (χ2v) is 19.5. The Morgan fingerprint density at radius 2 is 1.19 bits per heavy atom. The van der Waals surface area contributed by atoms with Crippen LogP contribution in [0, 0.1) is 11.5 Å². The minimum atomic E-state index is -3.73. The molecular formula is C38H54N6O8S2. The lowest BCUT2D eigenvalue weighted by atomic mass is 9.99. The maximum Gasteiger partial charge on any atom is 0.332 e. The zero-order chi connectivity index (χ0) is 38.8. The van der Waals surface area contributed by atoms with E-state index in [1.54, 1.807) is 13.8 Å². The third-order valence-corrected chi connectivity index (χ3v) is 14.2. The lowest BCUT2D eigenvalue weighted by Crippen LogP contribution is -2.59. The number of nitrogens with one attached hydrogen (secondary N) is 2. The summed E-state index contributed by atoms with van der Waals surface area (Å²) in [5, 5.41) is 33.8. The molecule has 2 amide bonds. The number of nitrogens with two attached hydrogens (primary N) is 1. The zero-order valence-corrected chi connectivity index (χ0v) is 32.9. The van der Waals surface area contributed by atoms with Crippen LogP contribution in [0.2, 0.25) is 0 Å². The van der Waals surface area contributed by atoms with Gasteiger partial charge in [-0.3, -0.25) is 9.80 Å². The molecule has 0 spiro atoms. The first kappa shape index (κ1) is 40.4. The maximum absolute atomic E-state index is 12.5. The number of rotatable bonds is 9. The van der Waals surface area contributed by atoms with Crippen LogP contribution in [-0.4, -0.2) is 105 Å². The van der Waals surface area contributed by atoms with Gasteiger partial charge in [0.2, 0.25) is 20.0 Å². The number of nitrogens with zero attached hydrogens (tertiary/aromatic N) is 3. The largest absolute Gasteiger partial charge is 0.392 e. The molecule has 2 fully saturated rings. The maximum atomic E-state index is 12.5. The quantitative estimate of drug-likeness (QED) is 0.232. The van der Waals surface area contributed by atoms with Gasteiger partial charge < -0.3 is 20.3 Å². The molecule has 2 aliphatic heterocycles. The Labute approximate surface area is 319 Å². The van der Waals surface area contributed by atoms with Crippen LogP contribution in [-0.2, 0) is 71.4 Å². The van der Waals surface area contributed by atoms with E-state index in [1.165, 1.54) is 57.3 Å². The summed E-state index contributed by atoms with van der Waals surface area (Å²) in [7, 11) is -7.08. The fourth-order valence-electron chi connectivity index (χ4n) is 8.75. The van der Waals surface area contributed by atoms with Gasteiger partial charge in [-0.25, -0.2) is 31.5 Å². The minimum absolute atomic E-state index is 0.337. The summed E-state index contributed by atoms with van der Waals surface area (Å²) >= 11 is 0. The summed E-state index contributed by atoms with van der Waals surface area (Å²) in [4.78, 5) is 16.2. The number of aryl methyl sites for hydroxylation is 4. The molecule has 16 heteroatoms. The highest BCUT2D eigenvalue weighted by atomic mass is 32.2. The average Bonchev–Trinajstić information content (AvgIpc) is 3.87. The van der Waals surface area contributed by atoms with Crippen molar-refractivity contribution in [3.05, 3.63) is 56.6 Å². The zero-order valence-electron chi connectivity index (χ0n) is 31.3. The van der Waals surface area contributed by atoms with Crippen LogP contribution in [0.1, 0.15) is 84.0 Å². The highest BCUT2D eigenvalue weighted by Crippen LogP contribution is 2.40. The van der Waals surface area contributed by atoms with Crippen LogP contribution >= 0.6 is 0 Å². The van der Waals surface area contributed by atoms with E-state index in [-0.39, 0.29) is 0 Å². The van der Waals surface area contributed by atoms with Gasteiger partial charge in [0.15, 0.2) is 0 Å². The van der Waals surface area contributed by atoms with Gasteiger partial charge in [-0.05, 0) is 135 Å². The third kappa shape index (κ3) is 9.38. The molecule has 0 saturated carbocycles. The summed E-state index contributed by atoms with van der Waals surface area (Å²) in [6.45, 7) is 5.88. The number of carbonyl (C=O) groups is 1. The lowest BCUT2D eigenvalue weighted by Gasteiger charge is -2.38. The van der Waals surface area contributed by atoms with Gasteiger partial charge in [-0.2, -0.15) is 0 Å². The lowest BCUT2D eigenvalue weighted by molar-refractivity contribution is 0.0914. The molecule has 2 atom stereocenters. The van der Waals surface area contributed by atoms with Gasteiger partial charge in [0.05, 0.1) is 12.2 Å². The number of urea groups is 1. The highest BCUT2D eigenvalue weighted by molar-refractivity contribution is 7.90. The normalized spacial score (nSPS) is 20.3. The predicted octanol–water partition coefficient (Wildman–Crippen LogP) is 2.04. The number of fused-ring (bicyclic) bond motifs is 4. The van der Waals surface area contributed by atoms with Crippen molar-refractivity contribution in [1.82, 2.24) is 14.5 Å². The number of β-amino-alcohol motifs (C(OH)–C–C–N with tert-alkyl or cyclic N) is 2. The molecule has 2 aromatic carbocycles. The monoisotopic (exact) mass is 786 g/mol. The highest BCUT2D eigenvalue weighted by Gasteiger charge is 2.39. The number of anilines is 1. The van der Waals surface area contributed by atoms with Crippen LogP contribution in [0.15, 0.2) is 12.1 Å². The molecule has 6 aliphatic rings. The van der Waals surface area contributed by atoms with Crippen molar-refractivity contribution < 1.29 is 36.6 Å². The molecule has 54 heavy (non-hydrogen) atoms. The second kappa shape index (κ2) is 16.8. The van der Waals surface area contributed by atoms with Crippen molar-refractivity contribution in [2.75, 3.05) is 44.6 Å². The van der Waals surface area contributed by atoms with Gasteiger partial charge in [0, 0.05) is 45.0 Å². The Balaban J connectivity index is 0.000000154. The molecule has 2 saturated heterocycles. The number of ether oxygens (including phenoxy) is 1. The van der Waals surface area contributed by atoms with Crippen molar-refractivity contribution >= 4 is 31.8 Å². The molecule has 8 rings (SSSR count). The van der Waals surface area contributed by atoms with Crippen molar-refractivity contribution in [1.29, 1.82) is 5.26 Å². The van der Waals surface area contributed by atoms with Crippen LogP contribution in [0.4, 0.5) is 10.5 Å². The Morgan fingerprint density at radius 3 is 1.59 bits per heavy atom. The minimum Gasteiger partial charge on any atom is -0.392 e. The second-order valence-electron chi connectivity index (χ2n) is 15.7. The van der Waals surface area contributed by atoms with E-state index in [1.807, 2.05) is 16.1 Å². The summed E-state index contributed by atoms with van der Waals surface area (Å²) in [6, 6.07) is 3.95. The number of sulfonamides is 2. The number of hydrogen-bond donors (Lipinski definition) is 5. The van der Waals surface area contributed by atoms with E-state index >= 15 is 0 Å². The Kier molecular flexibility index (Phi) is 12.6. The van der Waals surface area contributed by atoms with Gasteiger partial charge in [0.1, 0.15) is 16.2 Å². The third-order valence-electron chi connectivity index (χ3n) is 11.3. The van der Waals surface area contributed by atoms with Crippen molar-refractivity contribution in [2.24, 2.45) is 5.14 Å². The Bertz CT molecular complexity index is 1920. The van der Waals surface area contributed by atoms with E-state index < -0.39 is 48.8 Å². The summed E-state index contributed by atoms with van der Waals surface area (Å²) in [6.07, 6.45) is 13.9. The smallest absolute Gasteiger partial charge is 0.332 e. The summed E-state index contributed by atoms with van der Waals surface area (Å²) < 4.78 is 53.8. The molecule has 0 bridgehead atoms. The van der Waals surface area contributed by atoms with Crippen LogP contribution in [0.25, 0.3) is 0 Å². The topological polar surface area (TPSA) is 215 Å². The number of aliphatic hydroxyl groups is 2. The number of benzene rings is 2. The van der Waals surface area contributed by atoms with Crippen molar-refractivity contribution in [3.8, 4) is 12.0 Å². The molecular weight excluding hydrogens is 733 g/mol. The number of nitriles is 1. The van der Waals surface area contributed by atoms with Gasteiger partial charge >= 0.3 is 6.03 Å². The first-order valence-electron chi connectivity index (χ1n) is 19.2. The van der Waals surface area contributed by atoms with Gasteiger partial charge in [0.25, 0.3) is 6.26 Å². The van der Waals surface area contributed by atoms with Crippen LogP contribution < -0.4 is 19.9 Å². The molecule has 6 N–H and O–H groups in total. The molecule has 2 heterocycles. The standard InChI is InChI=1S/C19H27N3O4S.C13H13NO.C6H14N2O3S/c1-12(23)9-22-10-15(11-22)27(25,26)21-19(24)20-18-16-6-2-4-13(16)8-14-5-3-7-17(14)18;14-8-15-13-11-5-1-3-9(11)7-10-4-2-6-12(10)13;1-5(9)2-8-3-6(4-8)12(7,10)11/h8,12,15,23H,2-7,9-11H2,1H3,(H2,20,21,24);7H,1-6H2;5-6,9H,2-4H2,1H3,(H2,7,10,11). The first-order valence-corrected chi connectivity index (χ1v) is 22.3. The molecule has 2 unspecified atom stereocenters. The molecule has 296 valence electrons. The van der Waals surface area contributed by atoms with E-state index in [2.05, 4.69) is 22.2 Å². The number of hydrogen-bond acceptors (Lipinski definition) is 11. The fraction of sp³-hybridized carbons (Fsp3) is 0.632. The number of carbonyl (C=O) groups excluding carboxylic acids is 1. The van der Waals surface area contributed by atoms with E-state index in [4.69, 9.17) is 20.2 Å². The number of aliphatic hydroxyl groups excluding tert-OH is 2. The molecule has 2 aromatic rings. The molecule has 14 nitrogen and oxygen atoms in total. The van der Waals surface area contributed by atoms with Crippen LogP contribution in [0.5, 0.6) is 5.75 Å². The fourth-order valence-corrected chi connectivity index (χ4v) is 10.9. The summed E-state index contributed by atoms with van der Waals surface area (Å²) in [5.74, 6) is 0.903. The first-order chi connectivity index (χ1) is 25.6. The predicted molar refractivity (Wildman–Crippen MR) is 205 cm³/mol. The van der Waals surface area contributed by atoms with Crippen molar-refractivity contribution in [3.63, 3.8) is 0 Å². The molecule has 0 radical (unpaired) electrons. The Hall–Kier alpha value is -3.30. The average molecular weight is 787 g/mol. The number of primary sulfonamides is 1. The molecule has 0 aromatic heterocycles. The SMILES string of the molecule is CC(O)CN1CC(S(=O)(=O)NC(=O)Nc2c3c(cc4c2CCC4)CCC3)C1.CC(O)CN1CC(S(N)(=O)=O)C1.N#COc1c2c(cc3c1CCC3)CCC2. The molecule has 4 aliphatic carbocycles. The van der Waals surface area contributed by atoms with Gasteiger partial charge in [-0.1, -0.05) is 12.1 Å². The number of likely N-dealkylation sites (tertiary alicyclic amines) is 2. The van der Waals surface area contributed by atoms with Crippen molar-refractivity contribution in [2.45, 2.75) is 114 Å². The number of amides is 2.